The fourth-order valence-electron chi connectivity index (χ4n) is 2.71. The van der Waals surface area contributed by atoms with Crippen LogP contribution in [0.3, 0.4) is 0 Å². The van der Waals surface area contributed by atoms with Gasteiger partial charge in [0.05, 0.1) is 17.6 Å². The molecule has 0 bridgehead atoms. The van der Waals surface area contributed by atoms with E-state index in [-0.39, 0.29) is 5.41 Å². The third-order valence-corrected chi connectivity index (χ3v) is 4.02. The van der Waals surface area contributed by atoms with Crippen molar-refractivity contribution in [2.45, 2.75) is 33.1 Å². The number of hydrogen-bond donors (Lipinski definition) is 0. The molecule has 2 aromatic carbocycles. The molecule has 0 atom stereocenters. The smallest absolute Gasteiger partial charge is 0.420 e. The molecule has 3 rings (SSSR count). The van der Waals surface area contributed by atoms with Crippen LogP contribution in [0.2, 0.25) is 0 Å². The number of fused-ring (bicyclic) bond motifs is 1. The van der Waals surface area contributed by atoms with Gasteiger partial charge in [-0.05, 0) is 30.0 Å². The molecule has 0 spiro atoms. The molecule has 0 aliphatic heterocycles. The minimum absolute atomic E-state index is 0.0831. The molecule has 0 radical (unpaired) electrons. The summed E-state index contributed by atoms with van der Waals surface area (Å²) in [5, 5.41) is 0. The highest BCUT2D eigenvalue weighted by Crippen LogP contribution is 2.28. The molecule has 0 saturated carbocycles. The maximum atomic E-state index is 12.4. The fraction of sp³-hybridized carbons (Fsp3) is 0.300. The van der Waals surface area contributed by atoms with Crippen LogP contribution in [0.1, 0.15) is 33.3 Å². The van der Waals surface area contributed by atoms with E-state index in [2.05, 4.69) is 37.9 Å². The Morgan fingerprint density at radius 1 is 1.08 bits per heavy atom. The molecule has 124 valence electrons. The Morgan fingerprint density at radius 3 is 2.38 bits per heavy atom. The van der Waals surface area contributed by atoms with Crippen LogP contribution in [0.4, 0.5) is 4.79 Å². The fourth-order valence-corrected chi connectivity index (χ4v) is 2.71. The maximum Gasteiger partial charge on any atom is 0.420 e. The van der Waals surface area contributed by atoms with E-state index < -0.39 is 6.09 Å². The van der Waals surface area contributed by atoms with Gasteiger partial charge >= 0.3 is 6.09 Å². The lowest BCUT2D eigenvalue weighted by molar-refractivity contribution is 0.155. The highest BCUT2D eigenvalue weighted by atomic mass is 16.5. The minimum atomic E-state index is -0.402. The standard InChI is InChI=1S/C20H22N2O2/c1-5-24-19(23)22-17-9-7-6-8-16(17)21-18(22)14-10-12-15(13-11-14)20(2,3)4/h6-13H,5H2,1-4H3. The number of nitrogens with zero attached hydrogens (tertiary/aromatic N) is 2. The number of ether oxygens (including phenoxy) is 1. The number of rotatable bonds is 2. The van der Waals surface area contributed by atoms with Crippen molar-refractivity contribution in [3.8, 4) is 11.4 Å². The molecule has 0 unspecified atom stereocenters. The van der Waals surface area contributed by atoms with Crippen molar-refractivity contribution in [2.75, 3.05) is 6.61 Å². The van der Waals surface area contributed by atoms with E-state index in [0.717, 1.165) is 16.6 Å². The Labute approximate surface area is 142 Å². The number of aromatic nitrogens is 2. The minimum Gasteiger partial charge on any atom is -0.449 e. The van der Waals surface area contributed by atoms with E-state index in [9.17, 15) is 4.79 Å². The van der Waals surface area contributed by atoms with E-state index in [4.69, 9.17) is 4.74 Å². The topological polar surface area (TPSA) is 44.1 Å². The monoisotopic (exact) mass is 322 g/mol. The molecule has 0 saturated heterocycles. The van der Waals surface area contributed by atoms with Gasteiger partial charge in [0.15, 0.2) is 5.82 Å². The van der Waals surface area contributed by atoms with E-state index >= 15 is 0 Å². The lowest BCUT2D eigenvalue weighted by atomic mass is 9.87. The largest absolute Gasteiger partial charge is 0.449 e. The average molecular weight is 322 g/mol. The third kappa shape index (κ3) is 2.92. The van der Waals surface area contributed by atoms with Crippen molar-refractivity contribution in [1.29, 1.82) is 0 Å². The molecule has 3 aromatic rings. The van der Waals surface area contributed by atoms with Crippen LogP contribution in [-0.4, -0.2) is 22.3 Å². The molecule has 1 aromatic heterocycles. The van der Waals surface area contributed by atoms with E-state index in [1.807, 2.05) is 36.4 Å². The van der Waals surface area contributed by atoms with Gasteiger partial charge < -0.3 is 4.74 Å². The van der Waals surface area contributed by atoms with Gasteiger partial charge in [-0.25, -0.2) is 14.3 Å². The summed E-state index contributed by atoms with van der Waals surface area (Å²) in [5.41, 5.74) is 3.75. The highest BCUT2D eigenvalue weighted by Gasteiger charge is 2.20. The van der Waals surface area contributed by atoms with Crippen LogP contribution in [0, 0.1) is 0 Å². The second-order valence-electron chi connectivity index (χ2n) is 6.79. The van der Waals surface area contributed by atoms with E-state index in [1.54, 1.807) is 11.5 Å². The van der Waals surface area contributed by atoms with Gasteiger partial charge in [0.25, 0.3) is 0 Å². The molecule has 4 nitrogen and oxygen atoms in total. The first kappa shape index (κ1) is 16.2. The van der Waals surface area contributed by atoms with Crippen molar-refractivity contribution in [3.63, 3.8) is 0 Å². The normalized spacial score (nSPS) is 11.7. The summed E-state index contributed by atoms with van der Waals surface area (Å²) in [7, 11) is 0. The van der Waals surface area contributed by atoms with Crippen molar-refractivity contribution >= 4 is 17.1 Å². The van der Waals surface area contributed by atoms with Crippen LogP contribution in [0.15, 0.2) is 48.5 Å². The van der Waals surface area contributed by atoms with Crippen molar-refractivity contribution in [2.24, 2.45) is 0 Å². The summed E-state index contributed by atoms with van der Waals surface area (Å²) in [6, 6.07) is 15.8. The predicted molar refractivity (Wildman–Crippen MR) is 96.3 cm³/mol. The summed E-state index contributed by atoms with van der Waals surface area (Å²) < 4.78 is 6.77. The number of para-hydroxylation sites is 2. The van der Waals surface area contributed by atoms with Crippen LogP contribution in [0.5, 0.6) is 0 Å². The van der Waals surface area contributed by atoms with E-state index in [0.29, 0.717) is 12.4 Å². The van der Waals surface area contributed by atoms with E-state index in [1.165, 1.54) is 5.56 Å². The molecular weight excluding hydrogens is 300 g/mol. The van der Waals surface area contributed by atoms with Crippen LogP contribution >= 0.6 is 0 Å². The summed E-state index contributed by atoms with van der Waals surface area (Å²) in [4.78, 5) is 17.1. The maximum absolute atomic E-state index is 12.4. The Balaban J connectivity index is 2.15. The predicted octanol–water partition coefficient (Wildman–Crippen LogP) is 5.01. The molecular formula is C20H22N2O2. The number of hydrogen-bond acceptors (Lipinski definition) is 3. The average Bonchev–Trinajstić information content (AvgIpc) is 2.94. The molecule has 0 fully saturated rings. The van der Waals surface area contributed by atoms with Gasteiger partial charge in [0, 0.05) is 5.56 Å². The second kappa shape index (κ2) is 6.11. The quantitative estimate of drug-likeness (QED) is 0.666. The second-order valence-corrected chi connectivity index (χ2v) is 6.79. The lowest BCUT2D eigenvalue weighted by Gasteiger charge is -2.19. The molecule has 1 heterocycles. The van der Waals surface area contributed by atoms with Crippen LogP contribution in [0.25, 0.3) is 22.4 Å². The molecule has 0 aliphatic carbocycles. The Morgan fingerprint density at radius 2 is 1.75 bits per heavy atom. The Kier molecular flexibility index (Phi) is 4.14. The van der Waals surface area contributed by atoms with Gasteiger partial charge in [0.2, 0.25) is 0 Å². The Hall–Kier alpha value is -2.62. The zero-order valence-electron chi connectivity index (χ0n) is 14.5. The zero-order chi connectivity index (χ0) is 17.3. The Bertz CT molecular complexity index is 871. The number of carbonyl (C=O) groups excluding carboxylic acids is 1. The summed E-state index contributed by atoms with van der Waals surface area (Å²) in [6.45, 7) is 8.66. The lowest BCUT2D eigenvalue weighted by Crippen LogP contribution is -2.15. The molecule has 0 aliphatic rings. The van der Waals surface area contributed by atoms with Crippen LogP contribution in [-0.2, 0) is 10.2 Å². The van der Waals surface area contributed by atoms with Crippen molar-refractivity contribution in [3.05, 3.63) is 54.1 Å². The molecule has 24 heavy (non-hydrogen) atoms. The zero-order valence-corrected chi connectivity index (χ0v) is 14.5. The summed E-state index contributed by atoms with van der Waals surface area (Å²) in [5.74, 6) is 0.607. The summed E-state index contributed by atoms with van der Waals surface area (Å²) in [6.07, 6.45) is -0.402. The summed E-state index contributed by atoms with van der Waals surface area (Å²) >= 11 is 0. The molecule has 4 heteroatoms. The highest BCUT2D eigenvalue weighted by molar-refractivity contribution is 5.91. The SMILES string of the molecule is CCOC(=O)n1c(-c2ccc(C(C)(C)C)cc2)nc2ccccc21. The van der Waals surface area contributed by atoms with Gasteiger partial charge in [-0.3, -0.25) is 0 Å². The molecule has 0 amide bonds. The molecule has 0 N–H and O–H groups in total. The van der Waals surface area contributed by atoms with Crippen molar-refractivity contribution in [1.82, 2.24) is 9.55 Å². The third-order valence-electron chi connectivity index (χ3n) is 4.02. The number of carbonyl (C=O) groups is 1. The van der Waals surface area contributed by atoms with Gasteiger partial charge in [-0.15, -0.1) is 0 Å². The van der Waals surface area contributed by atoms with Crippen molar-refractivity contribution < 1.29 is 9.53 Å². The number of benzene rings is 2. The van der Waals surface area contributed by atoms with Crippen LogP contribution < -0.4 is 0 Å². The number of imidazole rings is 1. The first-order chi connectivity index (χ1) is 11.4. The first-order valence-electron chi connectivity index (χ1n) is 8.17. The van der Waals surface area contributed by atoms with Gasteiger partial charge in [-0.1, -0.05) is 57.2 Å². The van der Waals surface area contributed by atoms with Gasteiger partial charge in [-0.2, -0.15) is 0 Å². The first-order valence-corrected chi connectivity index (χ1v) is 8.17. The van der Waals surface area contributed by atoms with Gasteiger partial charge in [0.1, 0.15) is 0 Å².